The Morgan fingerprint density at radius 1 is 1.25 bits per heavy atom. The summed E-state index contributed by atoms with van der Waals surface area (Å²) < 4.78 is 0. The maximum absolute atomic E-state index is 5.78. The molecule has 20 heavy (non-hydrogen) atoms. The Balaban J connectivity index is 2.00. The van der Waals surface area contributed by atoms with Crippen LogP contribution in [0.2, 0.25) is 0 Å². The van der Waals surface area contributed by atoms with Crippen molar-refractivity contribution in [3.8, 4) is 0 Å². The molecule has 1 fully saturated rings. The summed E-state index contributed by atoms with van der Waals surface area (Å²) in [6, 6.07) is 9.39. The van der Waals surface area contributed by atoms with E-state index in [1.54, 1.807) is 0 Å². The van der Waals surface area contributed by atoms with E-state index in [1.807, 2.05) is 11.8 Å². The summed E-state index contributed by atoms with van der Waals surface area (Å²) in [6.45, 7) is 6.76. The summed E-state index contributed by atoms with van der Waals surface area (Å²) in [7, 11) is 0. The van der Waals surface area contributed by atoms with Gasteiger partial charge in [-0.1, -0.05) is 45.0 Å². The van der Waals surface area contributed by atoms with Crippen LogP contribution in [0.3, 0.4) is 0 Å². The number of rotatable bonds is 4. The van der Waals surface area contributed by atoms with Crippen LogP contribution in [0.5, 0.6) is 0 Å². The van der Waals surface area contributed by atoms with Crippen molar-refractivity contribution in [2.75, 3.05) is 17.3 Å². The van der Waals surface area contributed by atoms with Crippen LogP contribution in [0.1, 0.15) is 31.9 Å². The molecule has 1 aromatic rings. The zero-order valence-electron chi connectivity index (χ0n) is 12.7. The highest BCUT2D eigenvalue weighted by Crippen LogP contribution is 2.28. The lowest BCUT2D eigenvalue weighted by atomic mass is 9.86. The van der Waals surface area contributed by atoms with E-state index >= 15 is 0 Å². The van der Waals surface area contributed by atoms with Gasteiger partial charge in [0.25, 0.3) is 0 Å². The molecule has 1 saturated heterocycles. The molecule has 1 heterocycles. The Morgan fingerprint density at radius 3 is 2.45 bits per heavy atom. The van der Waals surface area contributed by atoms with Gasteiger partial charge in [0.05, 0.1) is 0 Å². The topological polar surface area (TPSA) is 38.0 Å². The number of hydrazine groups is 1. The van der Waals surface area contributed by atoms with E-state index in [4.69, 9.17) is 5.84 Å². The minimum atomic E-state index is 0.222. The largest absolute Gasteiger partial charge is 0.271 e. The van der Waals surface area contributed by atoms with E-state index in [2.05, 4.69) is 62.2 Å². The number of hydrogen-bond donors (Lipinski definition) is 2. The molecule has 4 heteroatoms. The molecule has 1 aromatic carbocycles. The fourth-order valence-electron chi connectivity index (χ4n) is 2.43. The van der Waals surface area contributed by atoms with Gasteiger partial charge < -0.3 is 0 Å². The maximum Gasteiger partial charge on any atom is 0.0377 e. The highest BCUT2D eigenvalue weighted by atomic mass is 32.2. The van der Waals surface area contributed by atoms with Gasteiger partial charge in [0.2, 0.25) is 0 Å². The van der Waals surface area contributed by atoms with Crippen molar-refractivity contribution in [3.05, 3.63) is 35.4 Å². The second-order valence-electron chi connectivity index (χ2n) is 6.41. The predicted molar refractivity (Wildman–Crippen MR) is 93.5 cm³/mol. The van der Waals surface area contributed by atoms with Crippen LogP contribution in [0.25, 0.3) is 0 Å². The smallest absolute Gasteiger partial charge is 0.0377 e. The normalized spacial score (nSPS) is 21.7. The molecule has 0 aromatic heterocycles. The van der Waals surface area contributed by atoms with Crippen molar-refractivity contribution in [1.82, 2.24) is 5.43 Å². The zero-order valence-corrected chi connectivity index (χ0v) is 14.3. The van der Waals surface area contributed by atoms with Crippen LogP contribution in [0, 0.1) is 0 Å². The summed E-state index contributed by atoms with van der Waals surface area (Å²) in [5.74, 6) is 9.51. The number of thioether (sulfide) groups is 2. The van der Waals surface area contributed by atoms with Gasteiger partial charge in [-0.05, 0) is 23.0 Å². The summed E-state index contributed by atoms with van der Waals surface area (Å²) in [6.07, 6.45) is 1.01. The van der Waals surface area contributed by atoms with Crippen LogP contribution in [0.15, 0.2) is 24.3 Å². The van der Waals surface area contributed by atoms with Gasteiger partial charge >= 0.3 is 0 Å². The SMILES string of the molecule is CC(C)(C)c1ccc(CC(NN)C2CSCCS2)cc1. The van der Waals surface area contributed by atoms with Crippen molar-refractivity contribution in [1.29, 1.82) is 0 Å². The summed E-state index contributed by atoms with van der Waals surface area (Å²) in [5.41, 5.74) is 6.02. The summed E-state index contributed by atoms with van der Waals surface area (Å²) in [4.78, 5) is 0. The molecule has 2 nitrogen and oxygen atoms in total. The molecule has 0 aliphatic carbocycles. The molecule has 0 saturated carbocycles. The lowest BCUT2D eigenvalue weighted by Gasteiger charge is -2.29. The third kappa shape index (κ3) is 4.42. The van der Waals surface area contributed by atoms with Crippen molar-refractivity contribution >= 4 is 23.5 Å². The monoisotopic (exact) mass is 310 g/mol. The third-order valence-corrected chi connectivity index (χ3v) is 6.70. The molecule has 2 unspecified atom stereocenters. The van der Waals surface area contributed by atoms with E-state index in [-0.39, 0.29) is 5.41 Å². The van der Waals surface area contributed by atoms with Gasteiger partial charge in [-0.15, -0.1) is 0 Å². The lowest BCUT2D eigenvalue weighted by Crippen LogP contribution is -2.46. The van der Waals surface area contributed by atoms with Gasteiger partial charge in [0, 0.05) is 28.6 Å². The molecule has 3 N–H and O–H groups in total. The molecule has 2 rings (SSSR count). The van der Waals surface area contributed by atoms with Crippen LogP contribution in [-0.4, -0.2) is 28.6 Å². The average Bonchev–Trinajstić information content (AvgIpc) is 2.45. The molecule has 0 bridgehead atoms. The quantitative estimate of drug-likeness (QED) is 0.661. The Labute approximate surface area is 131 Å². The van der Waals surface area contributed by atoms with Gasteiger partial charge in [-0.25, -0.2) is 0 Å². The van der Waals surface area contributed by atoms with Crippen molar-refractivity contribution in [2.24, 2.45) is 5.84 Å². The van der Waals surface area contributed by atoms with Crippen molar-refractivity contribution < 1.29 is 0 Å². The molecule has 0 spiro atoms. The minimum Gasteiger partial charge on any atom is -0.271 e. The predicted octanol–water partition coefficient (Wildman–Crippen LogP) is 3.21. The van der Waals surface area contributed by atoms with Crippen LogP contribution in [0.4, 0.5) is 0 Å². The molecule has 1 aliphatic heterocycles. The van der Waals surface area contributed by atoms with E-state index in [0.29, 0.717) is 11.3 Å². The second-order valence-corrected chi connectivity index (χ2v) is 8.91. The molecule has 2 atom stereocenters. The van der Waals surface area contributed by atoms with E-state index in [0.717, 1.165) is 6.42 Å². The first-order valence-electron chi connectivity index (χ1n) is 7.25. The third-order valence-electron chi connectivity index (χ3n) is 3.78. The van der Waals surface area contributed by atoms with E-state index < -0.39 is 0 Å². The zero-order chi connectivity index (χ0) is 14.6. The fraction of sp³-hybridized carbons (Fsp3) is 0.625. The first kappa shape index (κ1) is 16.2. The maximum atomic E-state index is 5.78. The van der Waals surface area contributed by atoms with Gasteiger partial charge in [-0.2, -0.15) is 23.5 Å². The highest BCUT2D eigenvalue weighted by Gasteiger charge is 2.24. The lowest BCUT2D eigenvalue weighted by molar-refractivity contribution is 0.523. The van der Waals surface area contributed by atoms with Gasteiger partial charge in [0.1, 0.15) is 0 Å². The van der Waals surface area contributed by atoms with Crippen LogP contribution in [-0.2, 0) is 11.8 Å². The second kappa shape index (κ2) is 7.21. The fourth-order valence-corrected chi connectivity index (χ4v) is 5.30. The number of nitrogens with two attached hydrogens (primary N) is 1. The number of nitrogens with one attached hydrogen (secondary N) is 1. The molecule has 0 radical (unpaired) electrons. The van der Waals surface area contributed by atoms with Gasteiger partial charge in [-0.3, -0.25) is 11.3 Å². The Kier molecular flexibility index (Phi) is 5.84. The first-order valence-corrected chi connectivity index (χ1v) is 9.46. The summed E-state index contributed by atoms with van der Waals surface area (Å²) in [5, 5.41) is 0.626. The molecular weight excluding hydrogens is 284 g/mol. The summed E-state index contributed by atoms with van der Waals surface area (Å²) >= 11 is 4.11. The van der Waals surface area contributed by atoms with Crippen LogP contribution >= 0.6 is 23.5 Å². The molecule has 0 amide bonds. The molecule has 1 aliphatic rings. The van der Waals surface area contributed by atoms with E-state index in [9.17, 15) is 0 Å². The standard InChI is InChI=1S/C16H26N2S2/c1-16(2,3)13-6-4-12(5-7-13)10-14(18-17)15-11-19-8-9-20-15/h4-7,14-15,18H,8-11,17H2,1-3H3. The van der Waals surface area contributed by atoms with E-state index in [1.165, 1.54) is 28.4 Å². The molecular formula is C16H26N2S2. The first-order chi connectivity index (χ1) is 9.50. The van der Waals surface area contributed by atoms with Crippen molar-refractivity contribution in [3.63, 3.8) is 0 Å². The Bertz CT molecular complexity index is 405. The Morgan fingerprint density at radius 2 is 1.95 bits per heavy atom. The number of hydrogen-bond acceptors (Lipinski definition) is 4. The highest BCUT2D eigenvalue weighted by molar-refractivity contribution is 8.06. The number of benzene rings is 1. The Hall–Kier alpha value is -0.160. The van der Waals surface area contributed by atoms with Gasteiger partial charge in [0.15, 0.2) is 0 Å². The minimum absolute atomic E-state index is 0.222. The van der Waals surface area contributed by atoms with Crippen molar-refractivity contribution in [2.45, 2.75) is 43.9 Å². The average molecular weight is 311 g/mol. The van der Waals surface area contributed by atoms with Crippen LogP contribution < -0.4 is 11.3 Å². The molecule has 112 valence electrons.